The molecule has 5 heteroatoms. The maximum atomic E-state index is 11.1. The average Bonchev–Trinajstić information content (AvgIpc) is 2.19. The van der Waals surface area contributed by atoms with Crippen LogP contribution in [0.4, 0.5) is 5.82 Å². The minimum Gasteiger partial charge on any atom is -0.325 e. The fraction of sp³-hybridized carbons (Fsp3) is 0. The van der Waals surface area contributed by atoms with Crippen molar-refractivity contribution in [1.82, 2.24) is 10.3 Å². The van der Waals surface area contributed by atoms with E-state index < -0.39 is 11.8 Å². The van der Waals surface area contributed by atoms with Gasteiger partial charge in [0.1, 0.15) is 5.82 Å². The van der Waals surface area contributed by atoms with E-state index in [4.69, 9.17) is 0 Å². The van der Waals surface area contributed by atoms with Crippen molar-refractivity contribution < 1.29 is 9.59 Å². The van der Waals surface area contributed by atoms with Crippen LogP contribution in [0.5, 0.6) is 0 Å². The van der Waals surface area contributed by atoms with Crippen LogP contribution < -0.4 is 10.6 Å². The first-order chi connectivity index (χ1) is 6.74. The highest BCUT2D eigenvalue weighted by Crippen LogP contribution is 1.98. The van der Waals surface area contributed by atoms with Gasteiger partial charge >= 0.3 is 11.8 Å². The van der Waals surface area contributed by atoms with Gasteiger partial charge in [0.2, 0.25) is 0 Å². The minimum atomic E-state index is -0.774. The summed E-state index contributed by atoms with van der Waals surface area (Å²) in [6, 6.07) is 4.99. The molecule has 0 aliphatic heterocycles. The Labute approximate surface area is 80.8 Å². The van der Waals surface area contributed by atoms with Crippen LogP contribution in [0.15, 0.2) is 37.2 Å². The molecule has 1 rings (SSSR count). The second kappa shape index (κ2) is 4.76. The topological polar surface area (TPSA) is 71.1 Å². The van der Waals surface area contributed by atoms with Gasteiger partial charge in [-0.3, -0.25) is 9.59 Å². The molecule has 1 heterocycles. The van der Waals surface area contributed by atoms with Crippen molar-refractivity contribution in [2.45, 2.75) is 0 Å². The molecule has 14 heavy (non-hydrogen) atoms. The van der Waals surface area contributed by atoms with E-state index in [1.165, 1.54) is 6.20 Å². The molecule has 0 unspecified atom stereocenters. The minimum absolute atomic E-state index is 0.330. The van der Waals surface area contributed by atoms with Crippen LogP contribution in [0.1, 0.15) is 0 Å². The number of aromatic nitrogens is 1. The lowest BCUT2D eigenvalue weighted by molar-refractivity contribution is -0.135. The van der Waals surface area contributed by atoms with Crippen molar-refractivity contribution in [2.24, 2.45) is 0 Å². The Hall–Kier alpha value is -2.17. The van der Waals surface area contributed by atoms with Gasteiger partial charge < -0.3 is 10.6 Å². The van der Waals surface area contributed by atoms with E-state index in [1.807, 2.05) is 0 Å². The predicted octanol–water partition coefficient (Wildman–Crippen LogP) is 0.280. The van der Waals surface area contributed by atoms with Crippen LogP contribution in [-0.4, -0.2) is 16.8 Å². The molecular formula is C9H9N3O2. The standard InChI is InChI=1S/C9H9N3O2/c1-2-10-8(13)9(14)12-7-5-3-4-6-11-7/h2-6H,1H2,(H,10,13)(H,11,12,14). The SMILES string of the molecule is C=CNC(=O)C(=O)Nc1ccccn1. The molecule has 0 spiro atoms. The normalized spacial score (nSPS) is 8.86. The summed E-state index contributed by atoms with van der Waals surface area (Å²) in [5, 5.41) is 4.47. The molecule has 1 aromatic heterocycles. The molecule has 0 aliphatic rings. The quantitative estimate of drug-likeness (QED) is 0.659. The van der Waals surface area contributed by atoms with Gasteiger partial charge in [-0.15, -0.1) is 0 Å². The Morgan fingerprint density at radius 3 is 2.71 bits per heavy atom. The highest BCUT2D eigenvalue weighted by atomic mass is 16.2. The van der Waals surface area contributed by atoms with E-state index in [1.54, 1.807) is 18.2 Å². The summed E-state index contributed by atoms with van der Waals surface area (Å²) < 4.78 is 0. The molecule has 0 bridgehead atoms. The smallest absolute Gasteiger partial charge is 0.315 e. The molecule has 0 aliphatic carbocycles. The Kier molecular flexibility index (Phi) is 3.37. The van der Waals surface area contributed by atoms with Crippen LogP contribution in [0.2, 0.25) is 0 Å². The van der Waals surface area contributed by atoms with Gasteiger partial charge in [0, 0.05) is 6.20 Å². The maximum absolute atomic E-state index is 11.1. The summed E-state index contributed by atoms with van der Waals surface area (Å²) in [4.78, 5) is 25.8. The molecule has 72 valence electrons. The molecular weight excluding hydrogens is 182 g/mol. The zero-order valence-corrected chi connectivity index (χ0v) is 7.36. The molecule has 0 radical (unpaired) electrons. The zero-order valence-electron chi connectivity index (χ0n) is 7.36. The summed E-state index contributed by atoms with van der Waals surface area (Å²) in [6.45, 7) is 3.26. The third kappa shape index (κ3) is 2.71. The molecule has 5 nitrogen and oxygen atoms in total. The van der Waals surface area contributed by atoms with Crippen LogP contribution in [0.25, 0.3) is 0 Å². The molecule has 1 aromatic rings. The lowest BCUT2D eigenvalue weighted by Gasteiger charge is -2.01. The van der Waals surface area contributed by atoms with Crippen molar-refractivity contribution in [1.29, 1.82) is 0 Å². The van der Waals surface area contributed by atoms with Crippen LogP contribution >= 0.6 is 0 Å². The first-order valence-corrected chi connectivity index (χ1v) is 3.88. The lowest BCUT2D eigenvalue weighted by atomic mass is 10.4. The summed E-state index contributed by atoms with van der Waals surface area (Å²) in [6.07, 6.45) is 2.65. The van der Waals surface area contributed by atoms with Crippen molar-refractivity contribution >= 4 is 17.6 Å². The molecule has 2 amide bonds. The predicted molar refractivity (Wildman–Crippen MR) is 51.2 cm³/mol. The van der Waals surface area contributed by atoms with E-state index in [0.717, 1.165) is 6.20 Å². The van der Waals surface area contributed by atoms with Gasteiger partial charge in [-0.2, -0.15) is 0 Å². The average molecular weight is 191 g/mol. The number of amides is 2. The highest BCUT2D eigenvalue weighted by Gasteiger charge is 2.11. The second-order valence-corrected chi connectivity index (χ2v) is 2.35. The largest absolute Gasteiger partial charge is 0.325 e. The molecule has 0 saturated heterocycles. The third-order valence-electron chi connectivity index (χ3n) is 1.35. The Morgan fingerprint density at radius 2 is 2.14 bits per heavy atom. The fourth-order valence-corrected chi connectivity index (χ4v) is 0.768. The van der Waals surface area contributed by atoms with E-state index in [0.29, 0.717) is 5.82 Å². The number of carbonyl (C=O) groups excluding carboxylic acids is 2. The van der Waals surface area contributed by atoms with Gasteiger partial charge in [0.25, 0.3) is 0 Å². The Bertz CT molecular complexity index is 348. The van der Waals surface area contributed by atoms with E-state index in [9.17, 15) is 9.59 Å². The number of hydrogen-bond donors (Lipinski definition) is 2. The van der Waals surface area contributed by atoms with Gasteiger partial charge in [-0.25, -0.2) is 4.98 Å². The number of pyridine rings is 1. The zero-order chi connectivity index (χ0) is 10.4. The van der Waals surface area contributed by atoms with Gasteiger partial charge in [-0.1, -0.05) is 12.6 Å². The lowest BCUT2D eigenvalue weighted by Crippen LogP contribution is -2.32. The first kappa shape index (κ1) is 9.91. The highest BCUT2D eigenvalue weighted by molar-refractivity contribution is 6.39. The number of hydrogen-bond acceptors (Lipinski definition) is 3. The summed E-state index contributed by atoms with van der Waals surface area (Å²) >= 11 is 0. The third-order valence-corrected chi connectivity index (χ3v) is 1.35. The van der Waals surface area contributed by atoms with Crippen molar-refractivity contribution in [2.75, 3.05) is 5.32 Å². The number of nitrogens with zero attached hydrogens (tertiary/aromatic N) is 1. The summed E-state index contributed by atoms with van der Waals surface area (Å²) in [5.74, 6) is -1.22. The van der Waals surface area contributed by atoms with Crippen molar-refractivity contribution in [3.05, 3.63) is 37.2 Å². The maximum Gasteiger partial charge on any atom is 0.315 e. The number of anilines is 1. The Morgan fingerprint density at radius 1 is 1.36 bits per heavy atom. The summed E-state index contributed by atoms with van der Waals surface area (Å²) in [7, 11) is 0. The van der Waals surface area contributed by atoms with E-state index in [-0.39, 0.29) is 0 Å². The number of rotatable bonds is 2. The summed E-state index contributed by atoms with van der Waals surface area (Å²) in [5.41, 5.74) is 0. The fourth-order valence-electron chi connectivity index (χ4n) is 0.768. The van der Waals surface area contributed by atoms with Crippen molar-refractivity contribution in [3.63, 3.8) is 0 Å². The first-order valence-electron chi connectivity index (χ1n) is 3.88. The van der Waals surface area contributed by atoms with Gasteiger partial charge in [-0.05, 0) is 18.3 Å². The van der Waals surface area contributed by atoms with Crippen LogP contribution in [0.3, 0.4) is 0 Å². The van der Waals surface area contributed by atoms with Crippen LogP contribution in [0, 0.1) is 0 Å². The number of nitrogens with one attached hydrogen (secondary N) is 2. The van der Waals surface area contributed by atoms with E-state index >= 15 is 0 Å². The van der Waals surface area contributed by atoms with Crippen LogP contribution in [-0.2, 0) is 9.59 Å². The Balaban J connectivity index is 2.57. The van der Waals surface area contributed by atoms with E-state index in [2.05, 4.69) is 22.2 Å². The molecule has 0 fully saturated rings. The second-order valence-electron chi connectivity index (χ2n) is 2.35. The monoisotopic (exact) mass is 191 g/mol. The van der Waals surface area contributed by atoms with Gasteiger partial charge in [0.05, 0.1) is 0 Å². The number of carbonyl (C=O) groups is 2. The van der Waals surface area contributed by atoms with Gasteiger partial charge in [0.15, 0.2) is 0 Å². The molecule has 2 N–H and O–H groups in total. The molecule has 0 saturated carbocycles. The molecule has 0 atom stereocenters. The molecule has 0 aromatic carbocycles. The van der Waals surface area contributed by atoms with Crippen molar-refractivity contribution in [3.8, 4) is 0 Å².